The molecule has 0 radical (unpaired) electrons. The highest BCUT2D eigenvalue weighted by Gasteiger charge is 2.18. The van der Waals surface area contributed by atoms with E-state index in [4.69, 9.17) is 21.7 Å². The molecule has 1 aliphatic carbocycles. The minimum atomic E-state index is 0.00490. The van der Waals surface area contributed by atoms with Crippen molar-refractivity contribution in [2.75, 3.05) is 13.7 Å². The van der Waals surface area contributed by atoms with Crippen molar-refractivity contribution in [2.45, 2.75) is 52.0 Å². The maximum absolute atomic E-state index is 12.0. The second-order valence-corrected chi connectivity index (χ2v) is 6.83. The minimum absolute atomic E-state index is 0.00490. The van der Waals surface area contributed by atoms with Gasteiger partial charge < -0.3 is 20.1 Å². The Balaban J connectivity index is 1.79. The van der Waals surface area contributed by atoms with Crippen LogP contribution in [0.25, 0.3) is 0 Å². The number of hydrogen-bond acceptors (Lipinski definition) is 4. The first-order valence-electron chi connectivity index (χ1n) is 8.99. The van der Waals surface area contributed by atoms with E-state index in [1.54, 1.807) is 7.11 Å². The maximum atomic E-state index is 12.0. The molecule has 5 nitrogen and oxygen atoms in total. The van der Waals surface area contributed by atoms with Crippen LogP contribution in [0, 0.1) is 5.92 Å². The number of nitrogens with one attached hydrogen (secondary N) is 2. The molecule has 1 aromatic carbocycles. The zero-order valence-electron chi connectivity index (χ0n) is 15.1. The standard InChI is InChI=1S/C19H28N2O3S/c1-3-10-24-16-9-8-15(11-17(16)23-2)13-20-19(25)21-18(22)12-14-6-4-5-7-14/h8-9,11,14H,3-7,10,12-13H2,1-2H3,(H2,20,21,22,25). The van der Waals surface area contributed by atoms with E-state index in [2.05, 4.69) is 17.6 Å². The van der Waals surface area contributed by atoms with Crippen LogP contribution in [0.1, 0.15) is 51.0 Å². The van der Waals surface area contributed by atoms with Crippen molar-refractivity contribution in [1.29, 1.82) is 0 Å². The van der Waals surface area contributed by atoms with Gasteiger partial charge in [0.1, 0.15) is 0 Å². The van der Waals surface area contributed by atoms with Crippen LogP contribution in [0.3, 0.4) is 0 Å². The van der Waals surface area contributed by atoms with Crippen molar-refractivity contribution >= 4 is 23.2 Å². The number of carbonyl (C=O) groups is 1. The van der Waals surface area contributed by atoms with Gasteiger partial charge in [-0.15, -0.1) is 0 Å². The van der Waals surface area contributed by atoms with Crippen molar-refractivity contribution < 1.29 is 14.3 Å². The topological polar surface area (TPSA) is 59.6 Å². The summed E-state index contributed by atoms with van der Waals surface area (Å²) in [5.74, 6) is 1.96. The summed E-state index contributed by atoms with van der Waals surface area (Å²) in [4.78, 5) is 12.0. The average molecular weight is 365 g/mol. The lowest BCUT2D eigenvalue weighted by molar-refractivity contribution is -0.120. The molecule has 138 valence electrons. The van der Waals surface area contributed by atoms with Gasteiger partial charge in [0, 0.05) is 13.0 Å². The highest BCUT2D eigenvalue weighted by molar-refractivity contribution is 7.80. The lowest BCUT2D eigenvalue weighted by Gasteiger charge is -2.14. The van der Waals surface area contributed by atoms with Crippen LogP contribution in [0.15, 0.2) is 18.2 Å². The summed E-state index contributed by atoms with van der Waals surface area (Å²) in [5, 5.41) is 6.21. The zero-order chi connectivity index (χ0) is 18.1. The van der Waals surface area contributed by atoms with Gasteiger partial charge in [-0.05, 0) is 55.1 Å². The third kappa shape index (κ3) is 6.53. The Kier molecular flexibility index (Phi) is 7.98. The molecular weight excluding hydrogens is 336 g/mol. The molecule has 1 aliphatic rings. The number of rotatable bonds is 8. The third-order valence-corrected chi connectivity index (χ3v) is 4.59. The van der Waals surface area contributed by atoms with Gasteiger partial charge in [0.25, 0.3) is 0 Å². The third-order valence-electron chi connectivity index (χ3n) is 4.34. The summed E-state index contributed by atoms with van der Waals surface area (Å²) in [5.41, 5.74) is 1.01. The molecular formula is C19H28N2O3S. The van der Waals surface area contributed by atoms with Crippen molar-refractivity contribution in [3.05, 3.63) is 23.8 Å². The molecule has 6 heteroatoms. The van der Waals surface area contributed by atoms with Gasteiger partial charge in [0.05, 0.1) is 13.7 Å². The summed E-state index contributed by atoms with van der Waals surface area (Å²) >= 11 is 5.22. The van der Waals surface area contributed by atoms with Gasteiger partial charge in [0.2, 0.25) is 5.91 Å². The highest BCUT2D eigenvalue weighted by atomic mass is 32.1. The Morgan fingerprint density at radius 3 is 2.72 bits per heavy atom. The van der Waals surface area contributed by atoms with E-state index >= 15 is 0 Å². The van der Waals surface area contributed by atoms with Crippen molar-refractivity contribution in [3.8, 4) is 11.5 Å². The van der Waals surface area contributed by atoms with E-state index in [9.17, 15) is 4.79 Å². The molecule has 1 fully saturated rings. The summed E-state index contributed by atoms with van der Waals surface area (Å²) in [6.45, 7) is 3.24. The fourth-order valence-corrected chi connectivity index (χ4v) is 3.22. The first-order chi connectivity index (χ1) is 12.1. The Morgan fingerprint density at radius 1 is 1.28 bits per heavy atom. The molecule has 0 aromatic heterocycles. The minimum Gasteiger partial charge on any atom is -0.493 e. The Bertz CT molecular complexity index is 586. The van der Waals surface area contributed by atoms with Crippen LogP contribution in [-0.2, 0) is 11.3 Å². The summed E-state index contributed by atoms with van der Waals surface area (Å²) in [6, 6.07) is 5.78. The van der Waals surface area contributed by atoms with Crippen LogP contribution in [0.4, 0.5) is 0 Å². The van der Waals surface area contributed by atoms with E-state index in [0.717, 1.165) is 30.6 Å². The number of benzene rings is 1. The average Bonchev–Trinajstić information content (AvgIpc) is 3.11. The van der Waals surface area contributed by atoms with E-state index in [1.807, 2.05) is 18.2 Å². The van der Waals surface area contributed by atoms with Gasteiger partial charge in [-0.2, -0.15) is 0 Å². The summed E-state index contributed by atoms with van der Waals surface area (Å²) in [6.07, 6.45) is 6.29. The van der Waals surface area contributed by atoms with Gasteiger partial charge >= 0.3 is 0 Å². The Labute approximate surface area is 155 Å². The number of amides is 1. The maximum Gasteiger partial charge on any atom is 0.226 e. The second kappa shape index (κ2) is 10.2. The molecule has 0 bridgehead atoms. The molecule has 2 rings (SSSR count). The molecule has 25 heavy (non-hydrogen) atoms. The smallest absolute Gasteiger partial charge is 0.226 e. The van der Waals surface area contributed by atoms with Crippen LogP contribution in [0.2, 0.25) is 0 Å². The van der Waals surface area contributed by atoms with Crippen LogP contribution < -0.4 is 20.1 Å². The van der Waals surface area contributed by atoms with Crippen molar-refractivity contribution in [3.63, 3.8) is 0 Å². The molecule has 0 unspecified atom stereocenters. The lowest BCUT2D eigenvalue weighted by atomic mass is 10.0. The first-order valence-corrected chi connectivity index (χ1v) is 9.40. The molecule has 0 saturated heterocycles. The van der Waals surface area contributed by atoms with Crippen LogP contribution >= 0.6 is 12.2 Å². The van der Waals surface area contributed by atoms with E-state index in [1.165, 1.54) is 12.8 Å². The molecule has 0 atom stereocenters. The number of thiocarbonyl (C=S) groups is 1. The van der Waals surface area contributed by atoms with E-state index in [-0.39, 0.29) is 5.91 Å². The van der Waals surface area contributed by atoms with Gasteiger partial charge in [-0.1, -0.05) is 25.8 Å². The molecule has 1 saturated carbocycles. The Morgan fingerprint density at radius 2 is 2.04 bits per heavy atom. The lowest BCUT2D eigenvalue weighted by Crippen LogP contribution is -2.39. The van der Waals surface area contributed by atoms with E-state index < -0.39 is 0 Å². The largest absolute Gasteiger partial charge is 0.493 e. The number of hydrogen-bond donors (Lipinski definition) is 2. The molecule has 1 aromatic rings. The predicted octanol–water partition coefficient (Wildman–Crippen LogP) is 3.56. The molecule has 2 N–H and O–H groups in total. The van der Waals surface area contributed by atoms with Crippen molar-refractivity contribution in [2.24, 2.45) is 5.92 Å². The number of ether oxygens (including phenoxy) is 2. The highest BCUT2D eigenvalue weighted by Crippen LogP contribution is 2.28. The van der Waals surface area contributed by atoms with Crippen LogP contribution in [0.5, 0.6) is 11.5 Å². The van der Waals surface area contributed by atoms with Crippen LogP contribution in [-0.4, -0.2) is 24.7 Å². The fraction of sp³-hybridized carbons (Fsp3) is 0.579. The molecule has 0 aliphatic heterocycles. The first kappa shape index (κ1) is 19.5. The van der Waals surface area contributed by atoms with E-state index in [0.29, 0.717) is 36.4 Å². The molecule has 0 heterocycles. The quantitative estimate of drug-likeness (QED) is 0.691. The monoisotopic (exact) mass is 364 g/mol. The number of carbonyl (C=O) groups excluding carboxylic acids is 1. The molecule has 1 amide bonds. The summed E-state index contributed by atoms with van der Waals surface area (Å²) in [7, 11) is 1.62. The van der Waals surface area contributed by atoms with Gasteiger partial charge in [0.15, 0.2) is 16.6 Å². The second-order valence-electron chi connectivity index (χ2n) is 6.42. The molecule has 0 spiro atoms. The Hall–Kier alpha value is -1.82. The SMILES string of the molecule is CCCOc1ccc(CNC(=S)NC(=O)CC2CCCC2)cc1OC. The predicted molar refractivity (Wildman–Crippen MR) is 103 cm³/mol. The van der Waals surface area contributed by atoms with Gasteiger partial charge in [-0.25, -0.2) is 0 Å². The van der Waals surface area contributed by atoms with Crippen molar-refractivity contribution in [1.82, 2.24) is 10.6 Å². The fourth-order valence-electron chi connectivity index (χ4n) is 3.03. The normalized spacial score (nSPS) is 14.2. The zero-order valence-corrected chi connectivity index (χ0v) is 15.9. The number of methoxy groups -OCH3 is 1. The van der Waals surface area contributed by atoms with Gasteiger partial charge in [-0.3, -0.25) is 4.79 Å². The summed E-state index contributed by atoms with van der Waals surface area (Å²) < 4.78 is 11.0.